The van der Waals surface area contributed by atoms with Crippen molar-refractivity contribution in [1.29, 1.82) is 0 Å². The molecule has 0 aliphatic heterocycles. The summed E-state index contributed by atoms with van der Waals surface area (Å²) in [5.74, 6) is -1.02. The summed E-state index contributed by atoms with van der Waals surface area (Å²) < 4.78 is 9.52. The van der Waals surface area contributed by atoms with Crippen molar-refractivity contribution in [1.82, 2.24) is 0 Å². The van der Waals surface area contributed by atoms with E-state index in [4.69, 9.17) is 10.5 Å². The lowest BCUT2D eigenvalue weighted by molar-refractivity contribution is 0.0527. The summed E-state index contributed by atoms with van der Waals surface area (Å²) in [6.07, 6.45) is 0.611. The van der Waals surface area contributed by atoms with E-state index in [-0.39, 0.29) is 17.2 Å². The SMILES string of the molecule is CCOC(=O)c1c(CC)sc(C(=O)OC)c1N. The summed E-state index contributed by atoms with van der Waals surface area (Å²) >= 11 is 1.17. The molecule has 0 aromatic carbocycles. The van der Waals surface area contributed by atoms with Crippen molar-refractivity contribution in [3.8, 4) is 0 Å². The van der Waals surface area contributed by atoms with Crippen LogP contribution in [0.3, 0.4) is 0 Å². The van der Waals surface area contributed by atoms with Gasteiger partial charge in [-0.25, -0.2) is 9.59 Å². The Balaban J connectivity index is 3.24. The standard InChI is InChI=1S/C11H15NO4S/c1-4-6-7(10(13)16-5-2)8(12)9(17-6)11(14)15-3/h4-5,12H2,1-3H3. The fourth-order valence-corrected chi connectivity index (χ4v) is 2.48. The normalized spacial score (nSPS) is 10.1. The number of nitrogen functional groups attached to an aromatic ring is 1. The second-order valence-electron chi connectivity index (χ2n) is 3.21. The molecule has 0 bridgehead atoms. The molecule has 0 aliphatic rings. The van der Waals surface area contributed by atoms with Crippen LogP contribution in [0, 0.1) is 0 Å². The molecule has 0 fully saturated rings. The van der Waals surface area contributed by atoms with Crippen molar-refractivity contribution in [2.45, 2.75) is 20.3 Å². The van der Waals surface area contributed by atoms with Gasteiger partial charge in [-0.15, -0.1) is 11.3 Å². The number of esters is 2. The average molecular weight is 257 g/mol. The summed E-state index contributed by atoms with van der Waals surface area (Å²) in [5, 5.41) is 0. The Morgan fingerprint density at radius 3 is 2.41 bits per heavy atom. The number of rotatable bonds is 4. The van der Waals surface area contributed by atoms with Gasteiger partial charge in [0.2, 0.25) is 0 Å². The largest absolute Gasteiger partial charge is 0.465 e. The number of thiophene rings is 1. The van der Waals surface area contributed by atoms with Crippen LogP contribution >= 0.6 is 11.3 Å². The lowest BCUT2D eigenvalue weighted by atomic mass is 10.1. The Morgan fingerprint density at radius 2 is 1.94 bits per heavy atom. The maximum Gasteiger partial charge on any atom is 0.350 e. The smallest absolute Gasteiger partial charge is 0.350 e. The molecule has 0 aliphatic carbocycles. The molecular weight excluding hydrogens is 242 g/mol. The van der Waals surface area contributed by atoms with Crippen LogP contribution in [0.5, 0.6) is 0 Å². The van der Waals surface area contributed by atoms with Crippen molar-refractivity contribution < 1.29 is 19.1 Å². The molecule has 0 saturated carbocycles. The molecular formula is C11H15NO4S. The molecule has 2 N–H and O–H groups in total. The van der Waals surface area contributed by atoms with Crippen LogP contribution < -0.4 is 5.73 Å². The predicted octanol–water partition coefficient (Wildman–Crippen LogP) is 1.86. The van der Waals surface area contributed by atoms with Crippen molar-refractivity contribution in [2.24, 2.45) is 0 Å². The molecule has 1 aromatic rings. The Morgan fingerprint density at radius 1 is 1.29 bits per heavy atom. The van der Waals surface area contributed by atoms with Crippen molar-refractivity contribution in [3.05, 3.63) is 15.3 Å². The van der Waals surface area contributed by atoms with Gasteiger partial charge in [0.05, 0.1) is 25.0 Å². The van der Waals surface area contributed by atoms with Crippen LogP contribution in [0.15, 0.2) is 0 Å². The quantitative estimate of drug-likeness (QED) is 0.833. The summed E-state index contributed by atoms with van der Waals surface area (Å²) in [7, 11) is 1.27. The van der Waals surface area contributed by atoms with Crippen LogP contribution in [0.1, 0.15) is 38.8 Å². The van der Waals surface area contributed by atoms with Crippen LogP contribution in [-0.2, 0) is 15.9 Å². The summed E-state index contributed by atoms with van der Waals surface area (Å²) in [6.45, 7) is 3.87. The number of carbonyl (C=O) groups is 2. The Bertz CT molecular complexity index is 439. The Kier molecular flexibility index (Phi) is 4.51. The predicted molar refractivity (Wildman–Crippen MR) is 65.4 cm³/mol. The number of ether oxygens (including phenoxy) is 2. The van der Waals surface area contributed by atoms with Gasteiger partial charge in [0, 0.05) is 4.88 Å². The van der Waals surface area contributed by atoms with E-state index in [0.29, 0.717) is 12.0 Å². The number of carbonyl (C=O) groups excluding carboxylic acids is 2. The van der Waals surface area contributed by atoms with Gasteiger partial charge in [0.25, 0.3) is 0 Å². The van der Waals surface area contributed by atoms with Gasteiger partial charge in [0.15, 0.2) is 0 Å². The van der Waals surface area contributed by atoms with Crippen LogP contribution in [0.25, 0.3) is 0 Å². The minimum atomic E-state index is -0.530. The Hall–Kier alpha value is -1.56. The first-order valence-corrected chi connectivity index (χ1v) is 6.04. The molecule has 5 nitrogen and oxygen atoms in total. The first-order valence-electron chi connectivity index (χ1n) is 5.23. The maximum atomic E-state index is 11.7. The zero-order valence-electron chi connectivity index (χ0n) is 10.0. The second-order valence-corrected chi connectivity index (χ2v) is 4.31. The van der Waals surface area contributed by atoms with Gasteiger partial charge in [-0.05, 0) is 13.3 Å². The molecule has 0 atom stereocenters. The lowest BCUT2D eigenvalue weighted by Gasteiger charge is -2.03. The fraction of sp³-hybridized carbons (Fsp3) is 0.455. The number of nitrogens with two attached hydrogens (primary N) is 1. The van der Waals surface area contributed by atoms with Crippen LogP contribution in [-0.4, -0.2) is 25.7 Å². The third-order valence-corrected chi connectivity index (χ3v) is 3.52. The van der Waals surface area contributed by atoms with Gasteiger partial charge in [-0.1, -0.05) is 6.92 Å². The topological polar surface area (TPSA) is 78.6 Å². The summed E-state index contributed by atoms with van der Waals surface area (Å²) in [4.78, 5) is 24.2. The van der Waals surface area contributed by atoms with E-state index in [0.717, 1.165) is 4.88 Å². The number of aryl methyl sites for hydroxylation is 1. The number of hydrogen-bond acceptors (Lipinski definition) is 6. The fourth-order valence-electron chi connectivity index (χ4n) is 1.41. The lowest BCUT2D eigenvalue weighted by Crippen LogP contribution is -2.10. The van der Waals surface area contributed by atoms with E-state index >= 15 is 0 Å². The Labute approximate surface area is 104 Å². The molecule has 0 radical (unpaired) electrons. The zero-order valence-corrected chi connectivity index (χ0v) is 10.8. The number of methoxy groups -OCH3 is 1. The highest BCUT2D eigenvalue weighted by atomic mass is 32.1. The van der Waals surface area contributed by atoms with Crippen LogP contribution in [0.4, 0.5) is 5.69 Å². The molecule has 94 valence electrons. The highest BCUT2D eigenvalue weighted by molar-refractivity contribution is 7.15. The molecule has 17 heavy (non-hydrogen) atoms. The molecule has 6 heteroatoms. The average Bonchev–Trinajstić information content (AvgIpc) is 2.65. The van der Waals surface area contributed by atoms with Gasteiger partial charge < -0.3 is 15.2 Å². The minimum Gasteiger partial charge on any atom is -0.465 e. The highest BCUT2D eigenvalue weighted by Crippen LogP contribution is 2.32. The van der Waals surface area contributed by atoms with E-state index in [9.17, 15) is 9.59 Å². The van der Waals surface area contributed by atoms with E-state index in [1.165, 1.54) is 18.4 Å². The van der Waals surface area contributed by atoms with Crippen LogP contribution in [0.2, 0.25) is 0 Å². The minimum absolute atomic E-state index is 0.150. The van der Waals surface area contributed by atoms with Gasteiger partial charge in [-0.2, -0.15) is 0 Å². The van der Waals surface area contributed by atoms with E-state index in [2.05, 4.69) is 4.74 Å². The van der Waals surface area contributed by atoms with Gasteiger partial charge in [0.1, 0.15) is 4.88 Å². The van der Waals surface area contributed by atoms with E-state index in [1.807, 2.05) is 6.92 Å². The molecule has 0 amide bonds. The molecule has 0 saturated heterocycles. The first-order chi connectivity index (χ1) is 8.06. The monoisotopic (exact) mass is 257 g/mol. The summed E-state index contributed by atoms with van der Waals surface area (Å²) in [6, 6.07) is 0. The van der Waals surface area contributed by atoms with Crippen molar-refractivity contribution in [3.63, 3.8) is 0 Å². The van der Waals surface area contributed by atoms with Gasteiger partial charge in [-0.3, -0.25) is 0 Å². The zero-order chi connectivity index (χ0) is 13.0. The van der Waals surface area contributed by atoms with E-state index in [1.54, 1.807) is 6.92 Å². The third-order valence-electron chi connectivity index (χ3n) is 2.19. The number of anilines is 1. The number of hydrogen-bond donors (Lipinski definition) is 1. The third kappa shape index (κ3) is 2.58. The van der Waals surface area contributed by atoms with E-state index < -0.39 is 11.9 Å². The molecule has 1 heterocycles. The molecule has 1 aromatic heterocycles. The molecule has 1 rings (SSSR count). The van der Waals surface area contributed by atoms with Crippen molar-refractivity contribution >= 4 is 29.0 Å². The molecule has 0 unspecified atom stereocenters. The maximum absolute atomic E-state index is 11.7. The van der Waals surface area contributed by atoms with Crippen molar-refractivity contribution in [2.75, 3.05) is 19.5 Å². The van der Waals surface area contributed by atoms with Gasteiger partial charge >= 0.3 is 11.9 Å². The summed E-state index contributed by atoms with van der Waals surface area (Å²) in [5.41, 5.74) is 6.24. The first kappa shape index (κ1) is 13.5. The second kappa shape index (κ2) is 5.67. The highest BCUT2D eigenvalue weighted by Gasteiger charge is 2.25. The molecule has 0 spiro atoms.